The summed E-state index contributed by atoms with van der Waals surface area (Å²) in [5, 5.41) is 1.13. The van der Waals surface area contributed by atoms with Gasteiger partial charge >= 0.3 is 0 Å². The van der Waals surface area contributed by atoms with Gasteiger partial charge in [-0.05, 0) is 55.4 Å². The number of carbonyl (C=O) groups is 1. The van der Waals surface area contributed by atoms with Crippen molar-refractivity contribution < 1.29 is 9.21 Å². The normalized spacial score (nSPS) is 18.0. The molecule has 22 heavy (non-hydrogen) atoms. The Morgan fingerprint density at radius 2 is 1.91 bits per heavy atom. The molecule has 0 bridgehead atoms. The first kappa shape index (κ1) is 13.9. The number of nitrogens with zero attached hydrogens (tertiary/aromatic N) is 1. The van der Waals surface area contributed by atoms with Gasteiger partial charge in [-0.1, -0.05) is 12.8 Å². The molecule has 116 valence electrons. The van der Waals surface area contributed by atoms with Crippen molar-refractivity contribution in [1.82, 2.24) is 4.90 Å². The Hall–Kier alpha value is -1.77. The molecule has 1 aromatic carbocycles. The number of fused-ring (bicyclic) bond motifs is 2. The average Bonchev–Trinajstić information content (AvgIpc) is 3.25. The van der Waals surface area contributed by atoms with E-state index in [4.69, 9.17) is 4.42 Å². The summed E-state index contributed by atoms with van der Waals surface area (Å²) in [6, 6.07) is 4.86. The van der Waals surface area contributed by atoms with E-state index in [0.717, 1.165) is 42.2 Å². The molecule has 1 aromatic heterocycles. The maximum Gasteiger partial charge on any atom is 0.227 e. The minimum atomic E-state index is 0.218. The molecule has 0 N–H and O–H groups in total. The van der Waals surface area contributed by atoms with Crippen molar-refractivity contribution in [3.8, 4) is 0 Å². The second-order valence-electron chi connectivity index (χ2n) is 6.85. The first-order valence-electron chi connectivity index (χ1n) is 8.50. The zero-order valence-electron chi connectivity index (χ0n) is 13.2. The highest BCUT2D eigenvalue weighted by Crippen LogP contribution is 2.31. The lowest BCUT2D eigenvalue weighted by Gasteiger charge is -2.24. The van der Waals surface area contributed by atoms with Gasteiger partial charge in [-0.15, -0.1) is 0 Å². The van der Waals surface area contributed by atoms with E-state index in [0.29, 0.717) is 12.5 Å². The number of likely N-dealkylation sites (N-methyl/N-ethyl adjacent to an activating group) is 1. The van der Waals surface area contributed by atoms with Crippen LogP contribution in [0.5, 0.6) is 0 Å². The number of furan rings is 1. The first-order valence-corrected chi connectivity index (χ1v) is 8.50. The van der Waals surface area contributed by atoms with Crippen molar-refractivity contribution in [3.63, 3.8) is 0 Å². The predicted molar refractivity (Wildman–Crippen MR) is 87.0 cm³/mol. The van der Waals surface area contributed by atoms with Crippen molar-refractivity contribution >= 4 is 16.9 Å². The summed E-state index contributed by atoms with van der Waals surface area (Å²) in [4.78, 5) is 14.5. The highest BCUT2D eigenvalue weighted by molar-refractivity contribution is 5.88. The van der Waals surface area contributed by atoms with Crippen molar-refractivity contribution in [3.05, 3.63) is 35.1 Å². The highest BCUT2D eigenvalue weighted by atomic mass is 16.3. The van der Waals surface area contributed by atoms with E-state index in [1.54, 1.807) is 6.26 Å². The van der Waals surface area contributed by atoms with Crippen LogP contribution >= 0.6 is 0 Å². The second kappa shape index (κ2) is 5.45. The smallest absolute Gasteiger partial charge is 0.227 e. The van der Waals surface area contributed by atoms with Crippen LogP contribution in [0.2, 0.25) is 0 Å². The van der Waals surface area contributed by atoms with Crippen LogP contribution in [0.4, 0.5) is 0 Å². The highest BCUT2D eigenvalue weighted by Gasteiger charge is 2.24. The summed E-state index contributed by atoms with van der Waals surface area (Å²) >= 11 is 0. The summed E-state index contributed by atoms with van der Waals surface area (Å²) in [6.45, 7) is 0. The van der Waals surface area contributed by atoms with Gasteiger partial charge in [0.1, 0.15) is 5.58 Å². The Bertz CT molecular complexity index is 710. The van der Waals surface area contributed by atoms with Gasteiger partial charge in [-0.3, -0.25) is 4.79 Å². The molecule has 0 unspecified atom stereocenters. The van der Waals surface area contributed by atoms with Crippen molar-refractivity contribution in [2.45, 2.75) is 57.4 Å². The number of benzene rings is 1. The molecule has 1 heterocycles. The molecule has 2 aliphatic carbocycles. The van der Waals surface area contributed by atoms with E-state index in [2.05, 4.69) is 12.1 Å². The third-order valence-electron chi connectivity index (χ3n) is 5.48. The number of amides is 1. The van der Waals surface area contributed by atoms with Gasteiger partial charge in [0.05, 0.1) is 12.7 Å². The summed E-state index contributed by atoms with van der Waals surface area (Å²) in [7, 11) is 1.96. The molecular weight excluding hydrogens is 274 g/mol. The van der Waals surface area contributed by atoms with Crippen molar-refractivity contribution in [2.75, 3.05) is 7.05 Å². The monoisotopic (exact) mass is 297 g/mol. The average molecular weight is 297 g/mol. The van der Waals surface area contributed by atoms with Gasteiger partial charge in [0, 0.05) is 24.0 Å². The van der Waals surface area contributed by atoms with Gasteiger partial charge in [0.2, 0.25) is 5.91 Å². The molecule has 0 atom stereocenters. The van der Waals surface area contributed by atoms with Gasteiger partial charge in [-0.25, -0.2) is 0 Å². The second-order valence-corrected chi connectivity index (χ2v) is 6.85. The van der Waals surface area contributed by atoms with Crippen molar-refractivity contribution in [1.29, 1.82) is 0 Å². The molecule has 0 spiro atoms. The number of rotatable bonds is 3. The van der Waals surface area contributed by atoms with Crippen LogP contribution in [0.25, 0.3) is 11.0 Å². The Balaban J connectivity index is 1.57. The fraction of sp³-hybridized carbons (Fsp3) is 0.526. The lowest BCUT2D eigenvalue weighted by atomic mass is 10.0. The molecule has 1 fully saturated rings. The van der Waals surface area contributed by atoms with E-state index in [-0.39, 0.29) is 5.91 Å². The lowest BCUT2D eigenvalue weighted by molar-refractivity contribution is -0.131. The Labute approximate surface area is 131 Å². The number of hydrogen-bond donors (Lipinski definition) is 0. The molecule has 0 saturated heterocycles. The molecule has 0 radical (unpaired) electrons. The zero-order chi connectivity index (χ0) is 15.1. The number of aryl methyl sites for hydroxylation is 2. The molecule has 4 rings (SSSR count). The maximum atomic E-state index is 12.6. The molecule has 1 saturated carbocycles. The third kappa shape index (κ3) is 2.33. The molecule has 3 heteroatoms. The van der Waals surface area contributed by atoms with Gasteiger partial charge in [0.15, 0.2) is 0 Å². The molecule has 2 aliphatic rings. The SMILES string of the molecule is CN(C(=O)Cc1coc2cc3c(cc12)CCC3)C1CCCC1. The van der Waals surface area contributed by atoms with Crippen LogP contribution in [0, 0.1) is 0 Å². The van der Waals surface area contributed by atoms with Crippen molar-refractivity contribution in [2.24, 2.45) is 0 Å². The summed E-state index contributed by atoms with van der Waals surface area (Å²) in [6.07, 6.45) is 10.6. The maximum absolute atomic E-state index is 12.6. The summed E-state index contributed by atoms with van der Waals surface area (Å²) < 4.78 is 5.71. The van der Waals surface area contributed by atoms with Crippen LogP contribution in [0.3, 0.4) is 0 Å². The summed E-state index contributed by atoms with van der Waals surface area (Å²) in [5.41, 5.74) is 4.83. The number of carbonyl (C=O) groups excluding carboxylic acids is 1. The minimum absolute atomic E-state index is 0.218. The van der Waals surface area contributed by atoms with E-state index in [1.807, 2.05) is 11.9 Å². The van der Waals surface area contributed by atoms with Crippen LogP contribution < -0.4 is 0 Å². The quantitative estimate of drug-likeness (QED) is 0.862. The summed E-state index contributed by atoms with van der Waals surface area (Å²) in [5.74, 6) is 0.218. The minimum Gasteiger partial charge on any atom is -0.464 e. The van der Waals surface area contributed by atoms with E-state index in [9.17, 15) is 4.79 Å². The fourth-order valence-corrected chi connectivity index (χ4v) is 4.07. The Kier molecular flexibility index (Phi) is 3.44. The Morgan fingerprint density at radius 3 is 2.68 bits per heavy atom. The molecule has 0 aliphatic heterocycles. The van der Waals surface area contributed by atoms with Crippen LogP contribution in [-0.4, -0.2) is 23.9 Å². The van der Waals surface area contributed by atoms with Crippen LogP contribution in [0.1, 0.15) is 48.8 Å². The standard InChI is InChI=1S/C19H23NO2/c1-20(16-7-2-3-8-16)19(21)11-15-12-22-18-10-14-6-4-5-13(14)9-17(15)18/h9-10,12,16H,2-8,11H2,1H3. The molecule has 3 nitrogen and oxygen atoms in total. The van der Waals surface area contributed by atoms with Gasteiger partial charge < -0.3 is 9.32 Å². The third-order valence-corrected chi connectivity index (χ3v) is 5.48. The van der Waals surface area contributed by atoms with Gasteiger partial charge in [0.25, 0.3) is 0 Å². The molecular formula is C19H23NO2. The fourth-order valence-electron chi connectivity index (χ4n) is 4.07. The topological polar surface area (TPSA) is 33.5 Å². The number of hydrogen-bond acceptors (Lipinski definition) is 2. The van der Waals surface area contributed by atoms with Gasteiger partial charge in [-0.2, -0.15) is 0 Å². The van der Waals surface area contributed by atoms with E-state index >= 15 is 0 Å². The predicted octanol–water partition coefficient (Wildman–Crippen LogP) is 3.87. The zero-order valence-corrected chi connectivity index (χ0v) is 13.2. The largest absolute Gasteiger partial charge is 0.464 e. The van der Waals surface area contributed by atoms with E-state index < -0.39 is 0 Å². The molecule has 1 amide bonds. The first-order chi connectivity index (χ1) is 10.7. The van der Waals surface area contributed by atoms with E-state index in [1.165, 1.54) is 30.4 Å². The molecule has 2 aromatic rings. The van der Waals surface area contributed by atoms with Crippen LogP contribution in [-0.2, 0) is 24.1 Å². The lowest BCUT2D eigenvalue weighted by Crippen LogP contribution is -2.36. The Morgan fingerprint density at radius 1 is 1.18 bits per heavy atom. The van der Waals surface area contributed by atoms with Crippen LogP contribution in [0.15, 0.2) is 22.8 Å².